The Morgan fingerprint density at radius 1 is 1.23 bits per heavy atom. The second-order valence-electron chi connectivity index (χ2n) is 9.34. The molecule has 0 radical (unpaired) electrons. The predicted molar refractivity (Wildman–Crippen MR) is 123 cm³/mol. The van der Waals surface area contributed by atoms with E-state index < -0.39 is 23.8 Å². The maximum atomic E-state index is 13.3. The third-order valence-electron chi connectivity index (χ3n) is 6.07. The topological polar surface area (TPSA) is 92.5 Å². The quantitative estimate of drug-likeness (QED) is 0.596. The molecule has 2 rings (SSSR count). The highest BCUT2D eigenvalue weighted by molar-refractivity contribution is 5.91. The monoisotopic (exact) mass is 429 g/mol. The molecule has 6 nitrogen and oxygen atoms in total. The van der Waals surface area contributed by atoms with Crippen molar-refractivity contribution in [1.82, 2.24) is 10.2 Å². The summed E-state index contributed by atoms with van der Waals surface area (Å²) in [5.41, 5.74) is 7.90. The molecule has 6 heteroatoms. The summed E-state index contributed by atoms with van der Waals surface area (Å²) in [6.07, 6.45) is 4.36. The van der Waals surface area contributed by atoms with Gasteiger partial charge >= 0.3 is 0 Å². The van der Waals surface area contributed by atoms with Crippen molar-refractivity contribution in [3.05, 3.63) is 35.4 Å². The number of carbonyl (C=O) groups is 3. The third-order valence-corrected chi connectivity index (χ3v) is 6.07. The van der Waals surface area contributed by atoms with E-state index in [1.54, 1.807) is 0 Å². The molecule has 0 bridgehead atoms. The van der Waals surface area contributed by atoms with Gasteiger partial charge in [0.2, 0.25) is 17.7 Å². The van der Waals surface area contributed by atoms with Crippen molar-refractivity contribution in [3.63, 3.8) is 0 Å². The number of nitrogens with zero attached hydrogens (tertiary/aromatic N) is 1. The highest BCUT2D eigenvalue weighted by atomic mass is 16.2. The van der Waals surface area contributed by atoms with E-state index in [1.165, 1.54) is 0 Å². The van der Waals surface area contributed by atoms with Crippen molar-refractivity contribution in [3.8, 4) is 0 Å². The second-order valence-corrected chi connectivity index (χ2v) is 9.34. The van der Waals surface area contributed by atoms with Gasteiger partial charge in [-0.25, -0.2) is 0 Å². The molecule has 1 fully saturated rings. The summed E-state index contributed by atoms with van der Waals surface area (Å²) in [6.45, 7) is 9.32. The van der Waals surface area contributed by atoms with E-state index in [0.29, 0.717) is 32.4 Å². The average molecular weight is 430 g/mol. The van der Waals surface area contributed by atoms with Crippen LogP contribution in [0.25, 0.3) is 0 Å². The van der Waals surface area contributed by atoms with E-state index in [2.05, 4.69) is 11.4 Å². The number of amides is 3. The zero-order chi connectivity index (χ0) is 23.0. The van der Waals surface area contributed by atoms with E-state index in [-0.39, 0.29) is 17.7 Å². The van der Waals surface area contributed by atoms with Gasteiger partial charge in [-0.05, 0) is 50.5 Å². The van der Waals surface area contributed by atoms with Gasteiger partial charge in [-0.15, -0.1) is 0 Å². The molecule has 0 aromatic heterocycles. The Balaban J connectivity index is 2.15. The number of nitrogens with one attached hydrogen (secondary N) is 1. The lowest BCUT2D eigenvalue weighted by Gasteiger charge is -2.29. The number of hydrogen-bond donors (Lipinski definition) is 2. The molecule has 0 saturated carbocycles. The lowest BCUT2D eigenvalue weighted by Crippen LogP contribution is -2.50. The minimum Gasteiger partial charge on any atom is -0.369 e. The zero-order valence-electron chi connectivity index (χ0n) is 19.5. The molecule has 172 valence electrons. The molecular weight excluding hydrogens is 390 g/mol. The van der Waals surface area contributed by atoms with E-state index in [0.717, 1.165) is 30.4 Å². The van der Waals surface area contributed by atoms with Crippen LogP contribution < -0.4 is 11.1 Å². The maximum Gasteiger partial charge on any atom is 0.245 e. The minimum atomic E-state index is -0.551. The highest BCUT2D eigenvalue weighted by Gasteiger charge is 2.35. The summed E-state index contributed by atoms with van der Waals surface area (Å²) < 4.78 is 0. The molecule has 0 aliphatic carbocycles. The van der Waals surface area contributed by atoms with Crippen molar-refractivity contribution in [2.75, 3.05) is 6.54 Å². The summed E-state index contributed by atoms with van der Waals surface area (Å²) in [5.74, 6) is -1.45. The van der Waals surface area contributed by atoms with Crippen LogP contribution in [0.3, 0.4) is 0 Å². The van der Waals surface area contributed by atoms with Crippen molar-refractivity contribution < 1.29 is 14.4 Å². The van der Waals surface area contributed by atoms with Crippen LogP contribution in [0.4, 0.5) is 0 Å². The number of aryl methyl sites for hydroxylation is 1. The molecule has 3 atom stereocenters. The smallest absolute Gasteiger partial charge is 0.245 e. The Morgan fingerprint density at radius 2 is 1.97 bits per heavy atom. The van der Waals surface area contributed by atoms with Gasteiger partial charge in [0.05, 0.1) is 0 Å². The molecule has 1 aliphatic rings. The average Bonchev–Trinajstić information content (AvgIpc) is 2.86. The Morgan fingerprint density at radius 3 is 2.58 bits per heavy atom. The van der Waals surface area contributed by atoms with E-state index in [9.17, 15) is 14.4 Å². The molecule has 1 saturated heterocycles. The SMILES string of the molecule is CCC[C@H](C(N)=O)[C@@H](CC(C)C)C(=O)N[C@H]1CCCCN(Cc2cccc(C)c2)C1=O. The van der Waals surface area contributed by atoms with Crippen LogP contribution in [0.15, 0.2) is 24.3 Å². The minimum absolute atomic E-state index is 0.0400. The first kappa shape index (κ1) is 24.9. The first-order valence-corrected chi connectivity index (χ1v) is 11.7. The van der Waals surface area contributed by atoms with Crippen LogP contribution >= 0.6 is 0 Å². The summed E-state index contributed by atoms with van der Waals surface area (Å²) in [4.78, 5) is 40.4. The van der Waals surface area contributed by atoms with E-state index in [1.807, 2.05) is 50.8 Å². The number of nitrogens with two attached hydrogens (primary N) is 1. The Hall–Kier alpha value is -2.37. The Kier molecular flexibility index (Phi) is 9.53. The third kappa shape index (κ3) is 7.37. The van der Waals surface area contributed by atoms with E-state index in [4.69, 9.17) is 5.73 Å². The van der Waals surface area contributed by atoms with Gasteiger partial charge in [0, 0.05) is 24.9 Å². The normalized spacial score (nSPS) is 19.1. The van der Waals surface area contributed by atoms with Gasteiger partial charge < -0.3 is 16.0 Å². The maximum absolute atomic E-state index is 13.3. The lowest BCUT2D eigenvalue weighted by atomic mass is 9.81. The molecule has 0 unspecified atom stereocenters. The van der Waals surface area contributed by atoms with Gasteiger partial charge in [-0.1, -0.05) is 57.0 Å². The second kappa shape index (κ2) is 11.9. The summed E-state index contributed by atoms with van der Waals surface area (Å²) in [7, 11) is 0. The Labute approximate surface area is 186 Å². The molecule has 1 aromatic carbocycles. The number of rotatable bonds is 10. The van der Waals surface area contributed by atoms with Crippen molar-refractivity contribution >= 4 is 17.7 Å². The van der Waals surface area contributed by atoms with Crippen molar-refractivity contribution in [1.29, 1.82) is 0 Å². The van der Waals surface area contributed by atoms with Gasteiger partial charge in [0.15, 0.2) is 0 Å². The van der Waals surface area contributed by atoms with Gasteiger partial charge in [0.25, 0.3) is 0 Å². The van der Waals surface area contributed by atoms with E-state index >= 15 is 0 Å². The fourth-order valence-corrected chi connectivity index (χ4v) is 4.52. The predicted octanol–water partition coefficient (Wildman–Crippen LogP) is 3.56. The summed E-state index contributed by atoms with van der Waals surface area (Å²) >= 11 is 0. The molecule has 3 amide bonds. The van der Waals surface area contributed by atoms with Crippen LogP contribution in [0.5, 0.6) is 0 Å². The first-order chi connectivity index (χ1) is 14.7. The van der Waals surface area contributed by atoms with Crippen LogP contribution in [0.2, 0.25) is 0 Å². The van der Waals surface area contributed by atoms with Crippen LogP contribution in [0, 0.1) is 24.7 Å². The van der Waals surface area contributed by atoms with Crippen molar-refractivity contribution in [2.45, 2.75) is 78.8 Å². The fourth-order valence-electron chi connectivity index (χ4n) is 4.52. The first-order valence-electron chi connectivity index (χ1n) is 11.7. The molecule has 1 aliphatic heterocycles. The molecule has 31 heavy (non-hydrogen) atoms. The molecular formula is C25H39N3O3. The zero-order valence-corrected chi connectivity index (χ0v) is 19.5. The number of carbonyl (C=O) groups excluding carboxylic acids is 3. The van der Waals surface area contributed by atoms with Crippen molar-refractivity contribution in [2.24, 2.45) is 23.5 Å². The molecule has 1 aromatic rings. The van der Waals surface area contributed by atoms with Crippen LogP contribution in [-0.4, -0.2) is 35.2 Å². The fraction of sp³-hybridized carbons (Fsp3) is 0.640. The molecule has 3 N–H and O–H groups in total. The summed E-state index contributed by atoms with van der Waals surface area (Å²) in [5, 5.41) is 3.00. The van der Waals surface area contributed by atoms with Gasteiger partial charge in [-0.3, -0.25) is 14.4 Å². The number of primary amides is 1. The number of hydrogen-bond acceptors (Lipinski definition) is 3. The van der Waals surface area contributed by atoms with Crippen LogP contribution in [-0.2, 0) is 20.9 Å². The molecule has 1 heterocycles. The lowest BCUT2D eigenvalue weighted by molar-refractivity contribution is -0.139. The Bertz CT molecular complexity index is 762. The standard InChI is InChI=1S/C25H39N3O3/c1-5-9-20(23(26)29)21(14-17(2)3)24(30)27-22-12-6-7-13-28(25(22)31)16-19-11-8-10-18(4)15-19/h8,10-11,15,17,20-22H,5-7,9,12-14,16H2,1-4H3,(H2,26,29)(H,27,30)/t20-,21+,22-/m0/s1. The summed E-state index contributed by atoms with van der Waals surface area (Å²) in [6, 6.07) is 7.61. The number of likely N-dealkylation sites (tertiary alicyclic amines) is 1. The van der Waals surface area contributed by atoms with Crippen LogP contribution in [0.1, 0.15) is 70.4 Å². The highest BCUT2D eigenvalue weighted by Crippen LogP contribution is 2.26. The largest absolute Gasteiger partial charge is 0.369 e. The van der Waals surface area contributed by atoms with Gasteiger partial charge in [-0.2, -0.15) is 0 Å². The number of benzene rings is 1. The molecule has 0 spiro atoms. The van der Waals surface area contributed by atoms with Gasteiger partial charge in [0.1, 0.15) is 6.04 Å².